The van der Waals surface area contributed by atoms with Gasteiger partial charge < -0.3 is 4.57 Å². The fourth-order valence-electron chi connectivity index (χ4n) is 2.53. The summed E-state index contributed by atoms with van der Waals surface area (Å²) in [5, 5.41) is 4.19. The molecule has 7 nitrogen and oxygen atoms in total. The van der Waals surface area contributed by atoms with Crippen molar-refractivity contribution in [1.29, 1.82) is 0 Å². The third-order valence-electron chi connectivity index (χ3n) is 3.80. The van der Waals surface area contributed by atoms with E-state index >= 15 is 0 Å². The molecular formula is C14H23N5O2S. The van der Waals surface area contributed by atoms with E-state index in [0.29, 0.717) is 17.2 Å². The average Bonchev–Trinajstić information content (AvgIpc) is 2.91. The van der Waals surface area contributed by atoms with Crippen LogP contribution in [0.25, 0.3) is 0 Å². The molecule has 2 heterocycles. The summed E-state index contributed by atoms with van der Waals surface area (Å²) in [6.07, 6.45) is 3.47. The molecule has 2 rings (SSSR count). The third-order valence-corrected chi connectivity index (χ3v) is 5.49. The molecule has 1 atom stereocenters. The minimum atomic E-state index is -3.67. The molecule has 22 heavy (non-hydrogen) atoms. The maximum absolute atomic E-state index is 12.8. The Morgan fingerprint density at radius 3 is 2.27 bits per heavy atom. The van der Waals surface area contributed by atoms with Gasteiger partial charge in [-0.3, -0.25) is 4.68 Å². The second-order valence-electron chi connectivity index (χ2n) is 5.86. The maximum Gasteiger partial charge on any atom is 0.244 e. The lowest BCUT2D eigenvalue weighted by atomic mass is 10.1. The van der Waals surface area contributed by atoms with Crippen LogP contribution in [0.2, 0.25) is 0 Å². The fourth-order valence-corrected chi connectivity index (χ4v) is 4.31. The molecule has 0 aromatic carbocycles. The van der Waals surface area contributed by atoms with E-state index < -0.39 is 16.1 Å². The molecule has 8 heteroatoms. The quantitative estimate of drug-likeness (QED) is 0.902. The Bertz CT molecular complexity index is 773. The zero-order valence-corrected chi connectivity index (χ0v) is 14.6. The Morgan fingerprint density at radius 1 is 1.23 bits per heavy atom. The number of aromatic nitrogens is 4. The molecule has 0 unspecified atom stereocenters. The number of nitrogens with zero attached hydrogens (tertiary/aromatic N) is 4. The van der Waals surface area contributed by atoms with E-state index in [1.54, 1.807) is 38.0 Å². The van der Waals surface area contributed by atoms with Gasteiger partial charge >= 0.3 is 0 Å². The van der Waals surface area contributed by atoms with E-state index in [1.165, 1.54) is 0 Å². The lowest BCUT2D eigenvalue weighted by Gasteiger charge is -2.22. The molecule has 0 spiro atoms. The van der Waals surface area contributed by atoms with Crippen LogP contribution in [-0.2, 0) is 24.1 Å². The van der Waals surface area contributed by atoms with Crippen molar-refractivity contribution in [2.45, 2.75) is 38.6 Å². The molecule has 0 fully saturated rings. The van der Waals surface area contributed by atoms with Crippen LogP contribution in [0.5, 0.6) is 0 Å². The number of sulfonamides is 1. The van der Waals surface area contributed by atoms with Gasteiger partial charge in [0.15, 0.2) is 0 Å². The highest BCUT2D eigenvalue weighted by molar-refractivity contribution is 7.89. The Balaban J connectivity index is 2.44. The molecule has 1 N–H and O–H groups in total. The number of hydrogen-bond donors (Lipinski definition) is 1. The molecule has 0 amide bonds. The first-order chi connectivity index (χ1) is 10.1. The van der Waals surface area contributed by atoms with Gasteiger partial charge in [-0.1, -0.05) is 13.8 Å². The van der Waals surface area contributed by atoms with Gasteiger partial charge in [0, 0.05) is 26.5 Å². The van der Waals surface area contributed by atoms with Crippen molar-refractivity contribution in [1.82, 2.24) is 24.1 Å². The topological polar surface area (TPSA) is 81.8 Å². The average molecular weight is 325 g/mol. The van der Waals surface area contributed by atoms with Crippen molar-refractivity contribution in [2.24, 2.45) is 20.0 Å². The van der Waals surface area contributed by atoms with E-state index in [4.69, 9.17) is 0 Å². The zero-order valence-electron chi connectivity index (χ0n) is 13.8. The van der Waals surface area contributed by atoms with E-state index in [1.807, 2.05) is 25.5 Å². The normalized spacial score (nSPS) is 13.8. The van der Waals surface area contributed by atoms with Crippen molar-refractivity contribution >= 4 is 10.0 Å². The maximum atomic E-state index is 12.8. The van der Waals surface area contributed by atoms with Crippen molar-refractivity contribution in [3.8, 4) is 0 Å². The molecule has 0 saturated carbocycles. The van der Waals surface area contributed by atoms with E-state index in [2.05, 4.69) is 14.8 Å². The van der Waals surface area contributed by atoms with Gasteiger partial charge in [0.1, 0.15) is 10.7 Å². The Hall–Kier alpha value is -1.67. The summed E-state index contributed by atoms with van der Waals surface area (Å²) in [6, 6.07) is -0.399. The molecule has 0 saturated heterocycles. The van der Waals surface area contributed by atoms with Crippen molar-refractivity contribution < 1.29 is 8.42 Å². The molecule has 0 aliphatic heterocycles. The van der Waals surface area contributed by atoms with E-state index in [0.717, 1.165) is 0 Å². The predicted molar refractivity (Wildman–Crippen MR) is 83.8 cm³/mol. The SMILES string of the molecule is Cc1nn(C)c(C)c1S(=O)(=O)N[C@@H](c1nccn1C)C(C)C. The first-order valence-electron chi connectivity index (χ1n) is 7.15. The molecule has 0 aliphatic rings. The molecule has 2 aromatic rings. The minimum absolute atomic E-state index is 0.0631. The smallest absolute Gasteiger partial charge is 0.244 e. The van der Waals surface area contributed by atoms with Crippen LogP contribution in [0.4, 0.5) is 0 Å². The van der Waals surface area contributed by atoms with E-state index in [9.17, 15) is 8.42 Å². The highest BCUT2D eigenvalue weighted by atomic mass is 32.2. The monoisotopic (exact) mass is 325 g/mol. The number of nitrogens with one attached hydrogen (secondary N) is 1. The molecule has 2 aromatic heterocycles. The fraction of sp³-hybridized carbons (Fsp3) is 0.571. The van der Waals surface area contributed by atoms with Crippen LogP contribution >= 0.6 is 0 Å². The number of rotatable bonds is 5. The van der Waals surface area contributed by atoms with Crippen LogP contribution in [-0.4, -0.2) is 27.7 Å². The zero-order chi connectivity index (χ0) is 16.7. The highest BCUT2D eigenvalue weighted by Gasteiger charge is 2.30. The Morgan fingerprint density at radius 2 is 1.86 bits per heavy atom. The summed E-state index contributed by atoms with van der Waals surface area (Å²) in [4.78, 5) is 4.53. The van der Waals surface area contributed by atoms with Crippen molar-refractivity contribution in [3.63, 3.8) is 0 Å². The molecular weight excluding hydrogens is 302 g/mol. The van der Waals surface area contributed by atoms with Crippen LogP contribution in [0.15, 0.2) is 17.3 Å². The van der Waals surface area contributed by atoms with Gasteiger partial charge in [0.2, 0.25) is 10.0 Å². The van der Waals surface area contributed by atoms with Crippen LogP contribution in [0.3, 0.4) is 0 Å². The summed E-state index contributed by atoms with van der Waals surface area (Å²) in [7, 11) is -0.0846. The van der Waals surface area contributed by atoms with E-state index in [-0.39, 0.29) is 10.8 Å². The number of imidazole rings is 1. The van der Waals surface area contributed by atoms with Crippen LogP contribution in [0.1, 0.15) is 37.1 Å². The summed E-state index contributed by atoms with van der Waals surface area (Å²) >= 11 is 0. The lowest BCUT2D eigenvalue weighted by Crippen LogP contribution is -2.34. The highest BCUT2D eigenvalue weighted by Crippen LogP contribution is 2.25. The Kier molecular flexibility index (Phi) is 4.44. The van der Waals surface area contributed by atoms with Gasteiger partial charge in [-0.15, -0.1) is 0 Å². The lowest BCUT2D eigenvalue weighted by molar-refractivity contribution is 0.434. The molecule has 0 bridgehead atoms. The van der Waals surface area contributed by atoms with Gasteiger partial charge in [-0.2, -0.15) is 5.10 Å². The summed E-state index contributed by atoms with van der Waals surface area (Å²) in [6.45, 7) is 7.38. The van der Waals surface area contributed by atoms with Crippen molar-refractivity contribution in [2.75, 3.05) is 0 Å². The molecule has 0 aliphatic carbocycles. The van der Waals surface area contributed by atoms with Gasteiger partial charge in [0.05, 0.1) is 17.4 Å². The Labute approximate surface area is 131 Å². The predicted octanol–water partition coefficient (Wildman–Crippen LogP) is 1.45. The first kappa shape index (κ1) is 16.7. The first-order valence-corrected chi connectivity index (χ1v) is 8.63. The van der Waals surface area contributed by atoms with Crippen LogP contribution < -0.4 is 4.72 Å². The van der Waals surface area contributed by atoms with Crippen molar-refractivity contribution in [3.05, 3.63) is 29.6 Å². The second kappa shape index (κ2) is 5.85. The molecule has 0 radical (unpaired) electrons. The largest absolute Gasteiger partial charge is 0.337 e. The second-order valence-corrected chi connectivity index (χ2v) is 7.51. The van der Waals surface area contributed by atoms with Gasteiger partial charge in [-0.25, -0.2) is 18.1 Å². The third kappa shape index (κ3) is 2.93. The summed E-state index contributed by atoms with van der Waals surface area (Å²) < 4.78 is 31.8. The summed E-state index contributed by atoms with van der Waals surface area (Å²) in [5.41, 5.74) is 1.11. The van der Waals surface area contributed by atoms with Gasteiger partial charge in [-0.05, 0) is 19.8 Å². The number of hydrogen-bond acceptors (Lipinski definition) is 4. The summed E-state index contributed by atoms with van der Waals surface area (Å²) in [5.74, 6) is 0.755. The van der Waals surface area contributed by atoms with Gasteiger partial charge in [0.25, 0.3) is 0 Å². The number of aryl methyl sites for hydroxylation is 3. The van der Waals surface area contributed by atoms with Crippen LogP contribution in [0, 0.1) is 19.8 Å². The molecule has 122 valence electrons. The minimum Gasteiger partial charge on any atom is -0.337 e. The standard InChI is InChI=1S/C14H23N5O2S/c1-9(2)12(14-15-7-8-18(14)5)17-22(20,21)13-10(3)16-19(6)11(13)4/h7-9,12,17H,1-6H3/t12-/m1/s1.